The molecule has 1 heterocycles. The average molecular weight is 300 g/mol. The lowest BCUT2D eigenvalue weighted by Crippen LogP contribution is -2.31. The Kier molecular flexibility index (Phi) is 3.25. The summed E-state index contributed by atoms with van der Waals surface area (Å²) in [6, 6.07) is 3.76. The number of hydrogen-bond acceptors (Lipinski definition) is 3. The van der Waals surface area contributed by atoms with Crippen LogP contribution in [0.3, 0.4) is 0 Å². The molecule has 0 unspecified atom stereocenters. The zero-order chi connectivity index (χ0) is 14.4. The Bertz CT molecular complexity index is 627. The fourth-order valence-electron chi connectivity index (χ4n) is 2.89. The van der Waals surface area contributed by atoms with Crippen molar-refractivity contribution in [2.24, 2.45) is 5.73 Å². The molecule has 3 rings (SSSR count). The number of fused-ring (bicyclic) bond motifs is 1. The van der Waals surface area contributed by atoms with Crippen molar-refractivity contribution in [2.45, 2.75) is 37.3 Å². The van der Waals surface area contributed by atoms with E-state index in [2.05, 4.69) is 4.98 Å². The monoisotopic (exact) mass is 300 g/mol. The molecule has 0 radical (unpaired) electrons. The third-order valence-corrected chi connectivity index (χ3v) is 5.40. The number of aromatic nitrogens is 1. The molecule has 2 N–H and O–H groups in total. The molecule has 0 aliphatic heterocycles. The standard InChI is InChI=1S/C14H15F3N2S/c15-14(16,17)9-3-4-11-10(7-9)19-12(20-11)13(8-18)5-1-2-6-13/h3-4,7H,1-2,5-6,8,18H2. The third kappa shape index (κ3) is 2.20. The van der Waals surface area contributed by atoms with Crippen LogP contribution >= 0.6 is 11.3 Å². The van der Waals surface area contributed by atoms with Crippen molar-refractivity contribution in [3.63, 3.8) is 0 Å². The van der Waals surface area contributed by atoms with Crippen LogP contribution in [0.15, 0.2) is 18.2 Å². The lowest BCUT2D eigenvalue weighted by Gasteiger charge is -2.23. The van der Waals surface area contributed by atoms with E-state index < -0.39 is 11.7 Å². The summed E-state index contributed by atoms with van der Waals surface area (Å²) in [6.07, 6.45) is -0.135. The summed E-state index contributed by atoms with van der Waals surface area (Å²) in [7, 11) is 0. The maximum absolute atomic E-state index is 12.7. The van der Waals surface area contributed by atoms with Crippen molar-refractivity contribution < 1.29 is 13.2 Å². The Morgan fingerprint density at radius 3 is 2.55 bits per heavy atom. The number of nitrogens with two attached hydrogens (primary N) is 1. The van der Waals surface area contributed by atoms with E-state index in [9.17, 15) is 13.2 Å². The average Bonchev–Trinajstić information content (AvgIpc) is 3.04. The van der Waals surface area contributed by atoms with E-state index in [1.165, 1.54) is 17.4 Å². The number of rotatable bonds is 2. The summed E-state index contributed by atoms with van der Waals surface area (Å²) in [4.78, 5) is 4.45. The molecule has 0 amide bonds. The largest absolute Gasteiger partial charge is 0.416 e. The van der Waals surface area contributed by atoms with E-state index in [4.69, 9.17) is 5.73 Å². The van der Waals surface area contributed by atoms with Crippen LogP contribution in [0.1, 0.15) is 36.3 Å². The van der Waals surface area contributed by atoms with Gasteiger partial charge in [-0.1, -0.05) is 12.8 Å². The van der Waals surface area contributed by atoms with E-state index in [1.54, 1.807) is 0 Å². The van der Waals surface area contributed by atoms with E-state index in [0.29, 0.717) is 12.1 Å². The first kappa shape index (κ1) is 13.8. The van der Waals surface area contributed by atoms with Crippen molar-refractivity contribution in [2.75, 3.05) is 6.54 Å². The van der Waals surface area contributed by atoms with Crippen LogP contribution in [0.25, 0.3) is 10.2 Å². The number of thiazole rings is 1. The number of alkyl halides is 3. The quantitative estimate of drug-likeness (QED) is 0.907. The van der Waals surface area contributed by atoms with Crippen LogP contribution in [-0.2, 0) is 11.6 Å². The zero-order valence-electron chi connectivity index (χ0n) is 10.8. The van der Waals surface area contributed by atoms with E-state index in [-0.39, 0.29) is 5.41 Å². The molecule has 1 aromatic carbocycles. The first-order chi connectivity index (χ1) is 9.44. The van der Waals surface area contributed by atoms with Gasteiger partial charge in [0, 0.05) is 12.0 Å². The molecule has 6 heteroatoms. The molecule has 1 aliphatic rings. The Labute approximate surface area is 118 Å². The van der Waals surface area contributed by atoms with Crippen LogP contribution in [0.5, 0.6) is 0 Å². The summed E-state index contributed by atoms with van der Waals surface area (Å²) in [6.45, 7) is 0.513. The van der Waals surface area contributed by atoms with Crippen LogP contribution in [0.2, 0.25) is 0 Å². The second kappa shape index (κ2) is 4.70. The van der Waals surface area contributed by atoms with Crippen LogP contribution in [0.4, 0.5) is 13.2 Å². The highest BCUT2D eigenvalue weighted by molar-refractivity contribution is 7.18. The molecule has 20 heavy (non-hydrogen) atoms. The molecular formula is C14H15F3N2S. The van der Waals surface area contributed by atoms with Gasteiger partial charge in [0.25, 0.3) is 0 Å². The van der Waals surface area contributed by atoms with Gasteiger partial charge < -0.3 is 5.73 Å². The third-order valence-electron chi connectivity index (χ3n) is 4.12. The molecule has 2 nitrogen and oxygen atoms in total. The highest BCUT2D eigenvalue weighted by atomic mass is 32.1. The molecule has 1 aromatic heterocycles. The van der Waals surface area contributed by atoms with Gasteiger partial charge in [0.05, 0.1) is 15.8 Å². The van der Waals surface area contributed by atoms with Crippen molar-refractivity contribution in [1.82, 2.24) is 4.98 Å². The predicted octanol–water partition coefficient (Wildman–Crippen LogP) is 4.09. The van der Waals surface area contributed by atoms with Crippen LogP contribution < -0.4 is 5.73 Å². The first-order valence-corrected chi connectivity index (χ1v) is 7.45. The topological polar surface area (TPSA) is 38.9 Å². The summed E-state index contributed by atoms with van der Waals surface area (Å²) < 4.78 is 39.0. The van der Waals surface area contributed by atoms with Gasteiger partial charge in [-0.25, -0.2) is 4.98 Å². The zero-order valence-corrected chi connectivity index (χ0v) is 11.7. The van der Waals surface area contributed by atoms with Crippen molar-refractivity contribution >= 4 is 21.6 Å². The van der Waals surface area contributed by atoms with Gasteiger partial charge in [-0.2, -0.15) is 13.2 Å². The number of benzene rings is 1. The van der Waals surface area contributed by atoms with Gasteiger partial charge in [-0.15, -0.1) is 11.3 Å². The van der Waals surface area contributed by atoms with Crippen molar-refractivity contribution in [1.29, 1.82) is 0 Å². The van der Waals surface area contributed by atoms with Gasteiger partial charge >= 0.3 is 6.18 Å². The summed E-state index contributed by atoms with van der Waals surface area (Å²) in [5.74, 6) is 0. The summed E-state index contributed by atoms with van der Waals surface area (Å²) in [5, 5.41) is 0.895. The first-order valence-electron chi connectivity index (χ1n) is 6.63. The SMILES string of the molecule is NCC1(c2nc3cc(C(F)(F)F)ccc3s2)CCCC1. The van der Waals surface area contributed by atoms with Gasteiger partial charge in [0.2, 0.25) is 0 Å². The maximum atomic E-state index is 12.7. The van der Waals surface area contributed by atoms with Gasteiger partial charge in [-0.05, 0) is 31.0 Å². The van der Waals surface area contributed by atoms with E-state index >= 15 is 0 Å². The molecule has 0 bridgehead atoms. The highest BCUT2D eigenvalue weighted by Gasteiger charge is 2.37. The summed E-state index contributed by atoms with van der Waals surface area (Å²) in [5.41, 5.74) is 5.57. The Morgan fingerprint density at radius 2 is 1.95 bits per heavy atom. The molecule has 1 saturated carbocycles. The normalized spacial score (nSPS) is 18.8. The minimum absolute atomic E-state index is 0.123. The second-order valence-electron chi connectivity index (χ2n) is 5.39. The molecule has 2 aromatic rings. The van der Waals surface area contributed by atoms with Crippen LogP contribution in [0, 0.1) is 0 Å². The minimum Gasteiger partial charge on any atom is -0.329 e. The van der Waals surface area contributed by atoms with Gasteiger partial charge in [0.15, 0.2) is 0 Å². The predicted molar refractivity (Wildman–Crippen MR) is 73.8 cm³/mol. The van der Waals surface area contributed by atoms with Gasteiger partial charge in [-0.3, -0.25) is 0 Å². The summed E-state index contributed by atoms with van der Waals surface area (Å²) >= 11 is 1.48. The Hall–Kier alpha value is -1.14. The molecule has 1 aliphatic carbocycles. The second-order valence-corrected chi connectivity index (χ2v) is 6.42. The lowest BCUT2D eigenvalue weighted by atomic mass is 9.87. The fraction of sp³-hybridized carbons (Fsp3) is 0.500. The molecule has 0 atom stereocenters. The number of halogens is 3. The number of hydrogen-bond donors (Lipinski definition) is 1. The Balaban J connectivity index is 2.07. The van der Waals surface area contributed by atoms with Gasteiger partial charge in [0.1, 0.15) is 5.01 Å². The smallest absolute Gasteiger partial charge is 0.329 e. The molecule has 0 spiro atoms. The molecule has 108 valence electrons. The maximum Gasteiger partial charge on any atom is 0.416 e. The molecule has 0 saturated heterocycles. The minimum atomic E-state index is -4.32. The fourth-order valence-corrected chi connectivity index (χ4v) is 4.09. The van der Waals surface area contributed by atoms with E-state index in [1.807, 2.05) is 0 Å². The van der Waals surface area contributed by atoms with Crippen LogP contribution in [-0.4, -0.2) is 11.5 Å². The molecular weight excluding hydrogens is 285 g/mol. The number of nitrogens with zero attached hydrogens (tertiary/aromatic N) is 1. The lowest BCUT2D eigenvalue weighted by molar-refractivity contribution is -0.137. The molecule has 1 fully saturated rings. The van der Waals surface area contributed by atoms with Crippen molar-refractivity contribution in [3.8, 4) is 0 Å². The highest BCUT2D eigenvalue weighted by Crippen LogP contribution is 2.43. The van der Waals surface area contributed by atoms with E-state index in [0.717, 1.165) is 47.5 Å². The Morgan fingerprint density at radius 1 is 1.25 bits per heavy atom. The van der Waals surface area contributed by atoms with Crippen molar-refractivity contribution in [3.05, 3.63) is 28.8 Å².